The van der Waals surface area contributed by atoms with E-state index in [4.69, 9.17) is 14.9 Å². The third-order valence-electron chi connectivity index (χ3n) is 2.78. The number of nitrogens with zero attached hydrogens (tertiary/aromatic N) is 2. The molecule has 106 valence electrons. The van der Waals surface area contributed by atoms with E-state index < -0.39 is 5.97 Å². The zero-order valence-corrected chi connectivity index (χ0v) is 11.5. The maximum absolute atomic E-state index is 11.8. The molecule has 2 aromatic heterocycles. The lowest BCUT2D eigenvalue weighted by Crippen LogP contribution is -2.19. The lowest BCUT2D eigenvalue weighted by Gasteiger charge is -2.17. The predicted molar refractivity (Wildman–Crippen MR) is 75.4 cm³/mol. The number of nitrogens with two attached hydrogens (primary N) is 1. The molecular weight excluding hydrogens is 258 g/mol. The van der Waals surface area contributed by atoms with Crippen LogP contribution in [0.1, 0.15) is 23.0 Å². The largest absolute Gasteiger partial charge is 0.467 e. The molecular formula is C14H17N3O3. The quantitative estimate of drug-likeness (QED) is 0.841. The second-order valence-corrected chi connectivity index (χ2v) is 4.29. The molecule has 0 aromatic carbocycles. The number of anilines is 2. The van der Waals surface area contributed by atoms with E-state index in [2.05, 4.69) is 4.98 Å². The van der Waals surface area contributed by atoms with Gasteiger partial charge >= 0.3 is 5.97 Å². The van der Waals surface area contributed by atoms with Gasteiger partial charge in [0, 0.05) is 7.05 Å². The van der Waals surface area contributed by atoms with Crippen LogP contribution in [0.25, 0.3) is 0 Å². The Labute approximate surface area is 117 Å². The van der Waals surface area contributed by atoms with Crippen LogP contribution in [0.4, 0.5) is 11.5 Å². The van der Waals surface area contributed by atoms with Gasteiger partial charge in [-0.15, -0.1) is 0 Å². The molecule has 2 aromatic rings. The van der Waals surface area contributed by atoms with Crippen LogP contribution >= 0.6 is 0 Å². The van der Waals surface area contributed by atoms with Gasteiger partial charge in [-0.3, -0.25) is 0 Å². The number of aromatic nitrogens is 1. The molecule has 0 spiro atoms. The molecule has 0 aliphatic rings. The van der Waals surface area contributed by atoms with Gasteiger partial charge in [0.2, 0.25) is 0 Å². The molecule has 0 aliphatic heterocycles. The second-order valence-electron chi connectivity index (χ2n) is 4.29. The molecule has 2 heterocycles. The molecule has 0 bridgehead atoms. The van der Waals surface area contributed by atoms with E-state index in [1.54, 1.807) is 19.3 Å². The van der Waals surface area contributed by atoms with Crippen LogP contribution in [-0.4, -0.2) is 24.6 Å². The molecule has 2 rings (SSSR count). The number of ether oxygens (including phenoxy) is 1. The summed E-state index contributed by atoms with van der Waals surface area (Å²) in [7, 11) is 1.86. The molecule has 0 fully saturated rings. The highest BCUT2D eigenvalue weighted by Crippen LogP contribution is 2.19. The summed E-state index contributed by atoms with van der Waals surface area (Å²) in [5.41, 5.74) is 6.38. The van der Waals surface area contributed by atoms with Gasteiger partial charge in [-0.05, 0) is 25.1 Å². The standard InChI is InChI=1S/C14H17N3O3/c1-3-19-14(18)11-7-13(16-8-12(11)15)17(2)9-10-5-4-6-20-10/h4-8H,3,9,15H2,1-2H3. The van der Waals surface area contributed by atoms with Crippen LogP contribution in [0.5, 0.6) is 0 Å². The van der Waals surface area contributed by atoms with Crippen molar-refractivity contribution in [3.63, 3.8) is 0 Å². The minimum Gasteiger partial charge on any atom is -0.467 e. The number of nitrogen functional groups attached to an aromatic ring is 1. The fourth-order valence-corrected chi connectivity index (χ4v) is 1.77. The fraction of sp³-hybridized carbons (Fsp3) is 0.286. The topological polar surface area (TPSA) is 81.6 Å². The Morgan fingerprint density at radius 3 is 3.00 bits per heavy atom. The Morgan fingerprint density at radius 2 is 2.35 bits per heavy atom. The van der Waals surface area contributed by atoms with Gasteiger partial charge in [-0.2, -0.15) is 0 Å². The Balaban J connectivity index is 2.20. The molecule has 0 unspecified atom stereocenters. The van der Waals surface area contributed by atoms with Crippen LogP contribution in [0.15, 0.2) is 35.1 Å². The van der Waals surface area contributed by atoms with Crippen molar-refractivity contribution >= 4 is 17.5 Å². The highest BCUT2D eigenvalue weighted by atomic mass is 16.5. The number of carbonyl (C=O) groups excluding carboxylic acids is 1. The molecule has 6 nitrogen and oxygen atoms in total. The minimum absolute atomic E-state index is 0.304. The van der Waals surface area contributed by atoms with Crippen LogP contribution in [0.3, 0.4) is 0 Å². The molecule has 2 N–H and O–H groups in total. The van der Waals surface area contributed by atoms with E-state index in [-0.39, 0.29) is 0 Å². The Hall–Kier alpha value is -2.50. The Morgan fingerprint density at radius 1 is 1.55 bits per heavy atom. The first-order valence-corrected chi connectivity index (χ1v) is 6.28. The maximum Gasteiger partial charge on any atom is 0.340 e. The first-order chi connectivity index (χ1) is 9.61. The van der Waals surface area contributed by atoms with Crippen molar-refractivity contribution in [2.24, 2.45) is 0 Å². The van der Waals surface area contributed by atoms with E-state index in [0.29, 0.717) is 30.2 Å². The van der Waals surface area contributed by atoms with Crippen molar-refractivity contribution in [1.29, 1.82) is 0 Å². The number of furan rings is 1. The van der Waals surface area contributed by atoms with Crippen molar-refractivity contribution in [1.82, 2.24) is 4.98 Å². The van der Waals surface area contributed by atoms with Crippen LogP contribution < -0.4 is 10.6 Å². The highest BCUT2D eigenvalue weighted by Gasteiger charge is 2.14. The summed E-state index contributed by atoms with van der Waals surface area (Å²) in [5.74, 6) is 0.988. The molecule has 0 amide bonds. The lowest BCUT2D eigenvalue weighted by molar-refractivity contribution is 0.0527. The fourth-order valence-electron chi connectivity index (χ4n) is 1.77. The van der Waals surface area contributed by atoms with Crippen LogP contribution in [0, 0.1) is 0 Å². The first kappa shape index (κ1) is 13.9. The monoisotopic (exact) mass is 275 g/mol. The average molecular weight is 275 g/mol. The van der Waals surface area contributed by atoms with E-state index >= 15 is 0 Å². The van der Waals surface area contributed by atoms with Crippen molar-refractivity contribution in [2.75, 3.05) is 24.3 Å². The summed E-state index contributed by atoms with van der Waals surface area (Å²) in [6.45, 7) is 2.60. The summed E-state index contributed by atoms with van der Waals surface area (Å²) >= 11 is 0. The summed E-state index contributed by atoms with van der Waals surface area (Å²) in [5, 5.41) is 0. The number of pyridine rings is 1. The van der Waals surface area contributed by atoms with Gasteiger partial charge in [0.15, 0.2) is 0 Å². The number of esters is 1. The normalized spacial score (nSPS) is 10.3. The van der Waals surface area contributed by atoms with E-state index in [1.165, 1.54) is 6.20 Å². The molecule has 0 radical (unpaired) electrons. The van der Waals surface area contributed by atoms with Gasteiger partial charge in [0.1, 0.15) is 11.6 Å². The van der Waals surface area contributed by atoms with Crippen molar-refractivity contribution in [2.45, 2.75) is 13.5 Å². The van der Waals surface area contributed by atoms with Gasteiger partial charge < -0.3 is 19.8 Å². The van der Waals surface area contributed by atoms with Crippen LogP contribution in [-0.2, 0) is 11.3 Å². The first-order valence-electron chi connectivity index (χ1n) is 6.28. The Bertz CT molecular complexity index is 581. The molecule has 0 atom stereocenters. The smallest absolute Gasteiger partial charge is 0.340 e. The van der Waals surface area contributed by atoms with E-state index in [9.17, 15) is 4.79 Å². The number of rotatable bonds is 5. The minimum atomic E-state index is -0.444. The van der Waals surface area contributed by atoms with E-state index in [1.807, 2.05) is 24.1 Å². The van der Waals surface area contributed by atoms with Gasteiger partial charge in [0.25, 0.3) is 0 Å². The average Bonchev–Trinajstić information content (AvgIpc) is 2.92. The highest BCUT2D eigenvalue weighted by molar-refractivity contribution is 5.95. The maximum atomic E-state index is 11.8. The number of carbonyl (C=O) groups is 1. The summed E-state index contributed by atoms with van der Waals surface area (Å²) in [6, 6.07) is 5.32. The predicted octanol–water partition coefficient (Wildman–Crippen LogP) is 2.07. The summed E-state index contributed by atoms with van der Waals surface area (Å²) < 4.78 is 10.2. The summed E-state index contributed by atoms with van der Waals surface area (Å²) in [4.78, 5) is 17.9. The Kier molecular flexibility index (Phi) is 4.24. The summed E-state index contributed by atoms with van der Waals surface area (Å²) in [6.07, 6.45) is 3.07. The van der Waals surface area contributed by atoms with Gasteiger partial charge in [0.05, 0.1) is 36.9 Å². The number of hydrogen-bond donors (Lipinski definition) is 1. The van der Waals surface area contributed by atoms with Gasteiger partial charge in [-0.1, -0.05) is 0 Å². The SMILES string of the molecule is CCOC(=O)c1cc(N(C)Cc2ccco2)ncc1N. The molecule has 0 aliphatic carbocycles. The zero-order chi connectivity index (χ0) is 14.5. The van der Waals surface area contributed by atoms with Crippen LogP contribution in [0.2, 0.25) is 0 Å². The van der Waals surface area contributed by atoms with Crippen molar-refractivity contribution in [3.8, 4) is 0 Å². The second kappa shape index (κ2) is 6.10. The molecule has 0 saturated heterocycles. The molecule has 6 heteroatoms. The molecule has 0 saturated carbocycles. The third-order valence-corrected chi connectivity index (χ3v) is 2.78. The van der Waals surface area contributed by atoms with Gasteiger partial charge in [-0.25, -0.2) is 9.78 Å². The zero-order valence-electron chi connectivity index (χ0n) is 11.5. The third kappa shape index (κ3) is 3.09. The lowest BCUT2D eigenvalue weighted by atomic mass is 10.2. The molecule has 20 heavy (non-hydrogen) atoms. The van der Waals surface area contributed by atoms with E-state index in [0.717, 1.165) is 5.76 Å². The van der Waals surface area contributed by atoms with Crippen molar-refractivity contribution < 1.29 is 13.9 Å². The van der Waals surface area contributed by atoms with Crippen molar-refractivity contribution in [3.05, 3.63) is 42.0 Å². The number of hydrogen-bond acceptors (Lipinski definition) is 6.